The van der Waals surface area contributed by atoms with Crippen molar-refractivity contribution in [2.24, 2.45) is 11.6 Å². The molecule has 18 heavy (non-hydrogen) atoms. The van der Waals surface area contributed by atoms with Crippen molar-refractivity contribution in [3.63, 3.8) is 0 Å². The van der Waals surface area contributed by atoms with Crippen molar-refractivity contribution in [2.45, 2.75) is 25.4 Å². The molecule has 1 aromatic heterocycles. The molecular formula is C11H16ClN5O. The van der Waals surface area contributed by atoms with Gasteiger partial charge < -0.3 is 11.2 Å². The van der Waals surface area contributed by atoms with Gasteiger partial charge in [-0.15, -0.1) is 0 Å². The average Bonchev–Trinajstić information content (AvgIpc) is 2.80. The Kier molecular flexibility index (Phi) is 4.00. The summed E-state index contributed by atoms with van der Waals surface area (Å²) in [4.78, 5) is 17.6. The van der Waals surface area contributed by atoms with Crippen molar-refractivity contribution in [2.75, 3.05) is 12.0 Å². The fourth-order valence-electron chi connectivity index (χ4n) is 2.21. The van der Waals surface area contributed by atoms with E-state index < -0.39 is 0 Å². The molecule has 0 saturated carbocycles. The Hall–Kier alpha value is -1.37. The van der Waals surface area contributed by atoms with E-state index in [-0.39, 0.29) is 11.9 Å². The molecule has 5 N–H and O–H groups in total. The molecule has 0 spiro atoms. The summed E-state index contributed by atoms with van der Waals surface area (Å²) in [6, 6.07) is 3.20. The van der Waals surface area contributed by atoms with Gasteiger partial charge in [0.1, 0.15) is 5.82 Å². The number of anilines is 1. The number of pyridine rings is 1. The second kappa shape index (κ2) is 5.51. The average molecular weight is 270 g/mol. The molecule has 7 heteroatoms. The number of hydrogen-bond acceptors (Lipinski definition) is 5. The minimum absolute atomic E-state index is 0.225. The quantitative estimate of drug-likeness (QED) is 0.545. The summed E-state index contributed by atoms with van der Waals surface area (Å²) < 4.78 is 0. The maximum absolute atomic E-state index is 11.3. The first-order valence-corrected chi connectivity index (χ1v) is 6.15. The molecule has 1 amide bonds. The van der Waals surface area contributed by atoms with E-state index in [1.54, 1.807) is 12.1 Å². The maximum Gasteiger partial charge on any atom is 0.234 e. The summed E-state index contributed by atoms with van der Waals surface area (Å²) in [5, 5.41) is 0.559. The Balaban J connectivity index is 2.15. The lowest BCUT2D eigenvalue weighted by Gasteiger charge is -2.21. The van der Waals surface area contributed by atoms with Gasteiger partial charge in [-0.2, -0.15) is 0 Å². The van der Waals surface area contributed by atoms with Crippen molar-refractivity contribution < 1.29 is 4.79 Å². The molecule has 0 aromatic carbocycles. The number of halogens is 1. The number of nitrogens with one attached hydrogen (secondary N) is 1. The first-order valence-electron chi connectivity index (χ1n) is 5.77. The van der Waals surface area contributed by atoms with Crippen molar-refractivity contribution >= 4 is 23.3 Å². The highest BCUT2D eigenvalue weighted by molar-refractivity contribution is 6.31. The Bertz CT molecular complexity index is 453. The van der Waals surface area contributed by atoms with Crippen molar-refractivity contribution in [3.05, 3.63) is 22.8 Å². The van der Waals surface area contributed by atoms with Gasteiger partial charge in [0.2, 0.25) is 5.91 Å². The van der Waals surface area contributed by atoms with E-state index in [2.05, 4.69) is 10.4 Å². The number of nitrogen functional groups attached to an aromatic ring is 1. The van der Waals surface area contributed by atoms with E-state index in [4.69, 9.17) is 23.2 Å². The number of rotatable bonds is 4. The van der Waals surface area contributed by atoms with Crippen LogP contribution >= 0.6 is 11.6 Å². The van der Waals surface area contributed by atoms with Crippen LogP contribution in [0.2, 0.25) is 5.02 Å². The molecule has 0 aliphatic carbocycles. The lowest BCUT2D eigenvalue weighted by atomic mass is 10.2. The number of hydrazine groups is 1. The van der Waals surface area contributed by atoms with Crippen molar-refractivity contribution in [1.82, 2.24) is 9.88 Å². The predicted octanol–water partition coefficient (Wildman–Crippen LogP) is 0.470. The van der Waals surface area contributed by atoms with Gasteiger partial charge in [-0.1, -0.05) is 11.6 Å². The molecule has 2 heterocycles. The minimum Gasteiger partial charge on any atom is -0.368 e. The number of nitrogens with zero attached hydrogens (tertiary/aromatic N) is 2. The lowest BCUT2D eigenvalue weighted by molar-refractivity contribution is -0.122. The van der Waals surface area contributed by atoms with E-state index in [0.717, 1.165) is 19.4 Å². The van der Waals surface area contributed by atoms with Crippen molar-refractivity contribution in [3.8, 4) is 0 Å². The van der Waals surface area contributed by atoms with Crippen LogP contribution in [0.25, 0.3) is 0 Å². The van der Waals surface area contributed by atoms with Crippen LogP contribution in [-0.2, 0) is 11.3 Å². The van der Waals surface area contributed by atoms with Gasteiger partial charge in [-0.3, -0.25) is 9.69 Å². The van der Waals surface area contributed by atoms with Gasteiger partial charge in [0.15, 0.2) is 0 Å². The number of nitrogens with two attached hydrogens (primary N) is 2. The zero-order valence-electron chi connectivity index (χ0n) is 9.90. The Morgan fingerprint density at radius 3 is 3.06 bits per heavy atom. The molecule has 1 fully saturated rings. The number of primary amides is 1. The molecular weight excluding hydrogens is 254 g/mol. The molecule has 0 bridgehead atoms. The molecule has 6 nitrogen and oxygen atoms in total. The second-order valence-electron chi connectivity index (χ2n) is 4.30. The first kappa shape index (κ1) is 13.1. The zero-order valence-corrected chi connectivity index (χ0v) is 10.7. The molecule has 1 aromatic rings. The van der Waals surface area contributed by atoms with Gasteiger partial charge in [0.25, 0.3) is 0 Å². The highest BCUT2D eigenvalue weighted by atomic mass is 35.5. The number of aromatic nitrogens is 1. The molecule has 98 valence electrons. The van der Waals surface area contributed by atoms with Gasteiger partial charge in [-0.05, 0) is 31.5 Å². The normalized spacial score (nSPS) is 20.0. The van der Waals surface area contributed by atoms with Gasteiger partial charge >= 0.3 is 0 Å². The highest BCUT2D eigenvalue weighted by Crippen LogP contribution is 2.23. The SMILES string of the molecule is NNc1ccc(Cl)c(CN2CCCC2C(N)=O)n1. The summed E-state index contributed by atoms with van der Waals surface area (Å²) in [6.45, 7) is 1.33. The van der Waals surface area contributed by atoms with E-state index in [1.165, 1.54) is 0 Å². The van der Waals surface area contributed by atoms with Gasteiger partial charge in [-0.25, -0.2) is 10.8 Å². The fraction of sp³-hybridized carbons (Fsp3) is 0.455. The first-order chi connectivity index (χ1) is 8.61. The molecule has 1 saturated heterocycles. The molecule has 1 aliphatic heterocycles. The number of hydrogen-bond donors (Lipinski definition) is 3. The van der Waals surface area contributed by atoms with E-state index in [9.17, 15) is 4.79 Å². The summed E-state index contributed by atoms with van der Waals surface area (Å²) in [6.07, 6.45) is 1.75. The third kappa shape index (κ3) is 2.72. The molecule has 1 unspecified atom stereocenters. The van der Waals surface area contributed by atoms with Crippen LogP contribution in [0.3, 0.4) is 0 Å². The van der Waals surface area contributed by atoms with Crippen LogP contribution in [-0.4, -0.2) is 28.4 Å². The largest absolute Gasteiger partial charge is 0.368 e. The standard InChI is InChI=1S/C11H16ClN5O/c12-7-3-4-10(16-14)15-8(7)6-17-5-1-2-9(17)11(13)18/h3-4,9H,1-2,5-6,14H2,(H2,13,18)(H,15,16). The Morgan fingerprint density at radius 2 is 2.39 bits per heavy atom. The van der Waals surface area contributed by atoms with Crippen LogP contribution < -0.4 is 17.0 Å². The molecule has 0 radical (unpaired) electrons. The summed E-state index contributed by atoms with van der Waals surface area (Å²) in [5.74, 6) is 5.56. The molecule has 1 atom stereocenters. The van der Waals surface area contributed by atoms with Gasteiger partial charge in [0.05, 0.1) is 16.8 Å². The van der Waals surface area contributed by atoms with E-state index in [1.807, 2.05) is 4.90 Å². The van der Waals surface area contributed by atoms with E-state index in [0.29, 0.717) is 23.1 Å². The monoisotopic (exact) mass is 269 g/mol. The Morgan fingerprint density at radius 1 is 1.61 bits per heavy atom. The van der Waals surface area contributed by atoms with E-state index >= 15 is 0 Å². The Labute approximate surface area is 110 Å². The molecule has 2 rings (SSSR count). The second-order valence-corrected chi connectivity index (χ2v) is 4.71. The number of carbonyl (C=O) groups is 1. The van der Waals surface area contributed by atoms with Crippen molar-refractivity contribution in [1.29, 1.82) is 0 Å². The molecule has 1 aliphatic rings. The summed E-state index contributed by atoms with van der Waals surface area (Å²) in [5.41, 5.74) is 8.54. The summed E-state index contributed by atoms with van der Waals surface area (Å²) in [7, 11) is 0. The maximum atomic E-state index is 11.3. The van der Waals surface area contributed by atoms with Crippen LogP contribution in [0.5, 0.6) is 0 Å². The zero-order chi connectivity index (χ0) is 13.1. The highest BCUT2D eigenvalue weighted by Gasteiger charge is 2.29. The minimum atomic E-state index is -0.295. The summed E-state index contributed by atoms with van der Waals surface area (Å²) >= 11 is 6.08. The van der Waals surface area contributed by atoms with Crippen LogP contribution in [0.15, 0.2) is 12.1 Å². The van der Waals surface area contributed by atoms with Crippen LogP contribution in [0.1, 0.15) is 18.5 Å². The van der Waals surface area contributed by atoms with Crippen LogP contribution in [0, 0.1) is 0 Å². The fourth-order valence-corrected chi connectivity index (χ4v) is 2.37. The lowest BCUT2D eigenvalue weighted by Crippen LogP contribution is -2.40. The third-order valence-electron chi connectivity index (χ3n) is 3.11. The smallest absolute Gasteiger partial charge is 0.234 e. The third-order valence-corrected chi connectivity index (χ3v) is 3.46. The topological polar surface area (TPSA) is 97.3 Å². The van der Waals surface area contributed by atoms with Crippen LogP contribution in [0.4, 0.5) is 5.82 Å². The number of likely N-dealkylation sites (tertiary alicyclic amines) is 1. The predicted molar refractivity (Wildman–Crippen MR) is 69.7 cm³/mol. The number of amides is 1. The van der Waals surface area contributed by atoms with Gasteiger partial charge in [0, 0.05) is 6.54 Å². The number of carbonyl (C=O) groups excluding carboxylic acids is 1.